The Labute approximate surface area is 153 Å². The van der Waals surface area contributed by atoms with E-state index in [-0.39, 0.29) is 5.97 Å². The lowest BCUT2D eigenvalue weighted by molar-refractivity contribution is -0.129. The van der Waals surface area contributed by atoms with Crippen LogP contribution in [0.5, 0.6) is 5.75 Å². The molecule has 26 heavy (non-hydrogen) atoms. The van der Waals surface area contributed by atoms with Crippen molar-refractivity contribution in [3.8, 4) is 22.9 Å². The summed E-state index contributed by atoms with van der Waals surface area (Å²) in [7, 11) is 0. The molecule has 3 nitrogen and oxygen atoms in total. The lowest BCUT2D eigenvalue weighted by Crippen LogP contribution is -2.03. The third-order valence-corrected chi connectivity index (χ3v) is 4.09. The molecule has 0 N–H and O–H groups in total. The number of ether oxygens (including phenoxy) is 1. The number of nitriles is 1. The minimum atomic E-state index is -0.355. The number of unbranched alkanes of at least 4 members (excludes halogenated alkanes) is 1. The number of benzene rings is 3. The van der Waals surface area contributed by atoms with Gasteiger partial charge in [-0.25, -0.2) is 4.79 Å². The molecule has 0 unspecified atom stereocenters. The second-order valence-electron chi connectivity index (χ2n) is 6.03. The summed E-state index contributed by atoms with van der Waals surface area (Å²) in [6, 6.07) is 21.4. The van der Waals surface area contributed by atoms with Crippen LogP contribution < -0.4 is 4.74 Å². The highest BCUT2D eigenvalue weighted by atomic mass is 16.5. The van der Waals surface area contributed by atoms with Crippen molar-refractivity contribution in [3.05, 3.63) is 78.4 Å². The van der Waals surface area contributed by atoms with Crippen molar-refractivity contribution in [1.29, 1.82) is 5.26 Å². The van der Waals surface area contributed by atoms with Crippen LogP contribution in [0.2, 0.25) is 0 Å². The van der Waals surface area contributed by atoms with E-state index in [1.165, 1.54) is 6.08 Å². The average molecular weight is 341 g/mol. The highest BCUT2D eigenvalue weighted by molar-refractivity contribution is 5.90. The minimum absolute atomic E-state index is 0.355. The van der Waals surface area contributed by atoms with Crippen molar-refractivity contribution in [2.45, 2.75) is 19.8 Å². The SMILES string of the molecule is CCC/C=C/C(=O)Oc1ccc2cc(-c3ccc(C#N)cc3)ccc2c1. The molecule has 0 saturated carbocycles. The van der Waals surface area contributed by atoms with Gasteiger partial charge in [0.05, 0.1) is 11.6 Å². The van der Waals surface area contributed by atoms with Gasteiger partial charge in [-0.3, -0.25) is 0 Å². The van der Waals surface area contributed by atoms with Crippen LogP contribution in [0.25, 0.3) is 21.9 Å². The summed E-state index contributed by atoms with van der Waals surface area (Å²) in [5.41, 5.74) is 2.78. The van der Waals surface area contributed by atoms with Gasteiger partial charge in [-0.05, 0) is 58.7 Å². The molecule has 0 heterocycles. The molecule has 0 aliphatic carbocycles. The van der Waals surface area contributed by atoms with Gasteiger partial charge in [-0.2, -0.15) is 5.26 Å². The van der Waals surface area contributed by atoms with Crippen LogP contribution in [0, 0.1) is 11.3 Å². The van der Waals surface area contributed by atoms with E-state index >= 15 is 0 Å². The van der Waals surface area contributed by atoms with Gasteiger partial charge in [0.15, 0.2) is 0 Å². The van der Waals surface area contributed by atoms with Gasteiger partial charge in [-0.1, -0.05) is 49.8 Å². The number of nitrogens with zero attached hydrogens (tertiary/aromatic N) is 1. The van der Waals surface area contributed by atoms with Crippen molar-refractivity contribution < 1.29 is 9.53 Å². The first-order valence-electron chi connectivity index (χ1n) is 8.62. The second-order valence-corrected chi connectivity index (χ2v) is 6.03. The highest BCUT2D eigenvalue weighted by Gasteiger charge is 2.04. The number of carbonyl (C=O) groups is 1. The summed E-state index contributed by atoms with van der Waals surface area (Å²) in [6.45, 7) is 2.06. The van der Waals surface area contributed by atoms with Gasteiger partial charge in [0.25, 0.3) is 0 Å². The Bertz CT molecular complexity index is 995. The molecule has 3 aromatic carbocycles. The molecule has 0 aliphatic heterocycles. The molecule has 0 bridgehead atoms. The largest absolute Gasteiger partial charge is 0.423 e. The van der Waals surface area contributed by atoms with Gasteiger partial charge in [0.1, 0.15) is 5.75 Å². The van der Waals surface area contributed by atoms with Crippen LogP contribution in [-0.2, 0) is 4.79 Å². The molecule has 3 rings (SSSR count). The molecule has 0 aromatic heterocycles. The van der Waals surface area contributed by atoms with Gasteiger partial charge in [0, 0.05) is 6.08 Å². The van der Waals surface area contributed by atoms with Crippen molar-refractivity contribution >= 4 is 16.7 Å². The molecule has 0 amide bonds. The Balaban J connectivity index is 1.81. The summed E-state index contributed by atoms with van der Waals surface area (Å²) in [4.78, 5) is 11.8. The van der Waals surface area contributed by atoms with E-state index < -0.39 is 0 Å². The maximum atomic E-state index is 11.8. The van der Waals surface area contributed by atoms with Crippen LogP contribution in [0.4, 0.5) is 0 Å². The van der Waals surface area contributed by atoms with Gasteiger partial charge >= 0.3 is 5.97 Å². The quantitative estimate of drug-likeness (QED) is 0.343. The fourth-order valence-electron chi connectivity index (χ4n) is 2.70. The van der Waals surface area contributed by atoms with Crippen molar-refractivity contribution in [1.82, 2.24) is 0 Å². The van der Waals surface area contributed by atoms with E-state index in [2.05, 4.69) is 19.1 Å². The van der Waals surface area contributed by atoms with Crippen LogP contribution in [0.15, 0.2) is 72.8 Å². The topological polar surface area (TPSA) is 50.1 Å². The van der Waals surface area contributed by atoms with Gasteiger partial charge in [0.2, 0.25) is 0 Å². The number of rotatable bonds is 5. The number of hydrogen-bond acceptors (Lipinski definition) is 3. The molecule has 3 aromatic rings. The zero-order valence-corrected chi connectivity index (χ0v) is 14.6. The molecule has 0 atom stereocenters. The minimum Gasteiger partial charge on any atom is -0.423 e. The Hall–Kier alpha value is -3.38. The van der Waals surface area contributed by atoms with Gasteiger partial charge in [-0.15, -0.1) is 0 Å². The smallest absolute Gasteiger partial charge is 0.335 e. The van der Waals surface area contributed by atoms with E-state index in [4.69, 9.17) is 10.00 Å². The summed E-state index contributed by atoms with van der Waals surface area (Å²) in [5.74, 6) is 0.182. The highest BCUT2D eigenvalue weighted by Crippen LogP contribution is 2.27. The van der Waals surface area contributed by atoms with Crippen LogP contribution in [-0.4, -0.2) is 5.97 Å². The summed E-state index contributed by atoms with van der Waals surface area (Å²) < 4.78 is 5.35. The fraction of sp³-hybridized carbons (Fsp3) is 0.130. The summed E-state index contributed by atoms with van der Waals surface area (Å²) >= 11 is 0. The molecule has 0 spiro atoms. The fourth-order valence-corrected chi connectivity index (χ4v) is 2.70. The monoisotopic (exact) mass is 341 g/mol. The zero-order chi connectivity index (χ0) is 18.4. The lowest BCUT2D eigenvalue weighted by atomic mass is 10.0. The van der Waals surface area contributed by atoms with Crippen molar-refractivity contribution in [2.75, 3.05) is 0 Å². The summed E-state index contributed by atoms with van der Waals surface area (Å²) in [5, 5.41) is 11.0. The average Bonchev–Trinajstić information content (AvgIpc) is 2.68. The molecule has 0 fully saturated rings. The molecule has 3 heteroatoms. The maximum absolute atomic E-state index is 11.8. The maximum Gasteiger partial charge on any atom is 0.335 e. The standard InChI is InChI=1S/C23H19NO2/c1-2-3-4-5-23(25)26-22-13-12-20-14-19(10-11-21(20)15-22)18-8-6-17(16-24)7-9-18/h4-15H,2-3H2,1H3/b5-4+. The third-order valence-electron chi connectivity index (χ3n) is 4.09. The van der Waals surface area contributed by atoms with E-state index in [0.29, 0.717) is 11.3 Å². The number of carbonyl (C=O) groups excluding carboxylic acids is 1. The molecular formula is C23H19NO2. The van der Waals surface area contributed by atoms with Crippen LogP contribution in [0.3, 0.4) is 0 Å². The summed E-state index contributed by atoms with van der Waals surface area (Å²) in [6.07, 6.45) is 5.17. The number of fused-ring (bicyclic) bond motifs is 1. The third kappa shape index (κ3) is 4.17. The van der Waals surface area contributed by atoms with E-state index in [1.54, 1.807) is 6.07 Å². The van der Waals surface area contributed by atoms with E-state index in [1.807, 2.05) is 54.6 Å². The Kier molecular flexibility index (Phi) is 5.46. The first kappa shape index (κ1) is 17.4. The molecule has 0 radical (unpaired) electrons. The lowest BCUT2D eigenvalue weighted by Gasteiger charge is -2.07. The Morgan fingerprint density at radius 3 is 2.42 bits per heavy atom. The molecule has 0 saturated heterocycles. The Morgan fingerprint density at radius 2 is 1.69 bits per heavy atom. The first-order valence-corrected chi connectivity index (χ1v) is 8.62. The molecular weight excluding hydrogens is 322 g/mol. The van der Waals surface area contributed by atoms with Crippen LogP contribution >= 0.6 is 0 Å². The van der Waals surface area contributed by atoms with Crippen molar-refractivity contribution in [2.24, 2.45) is 0 Å². The zero-order valence-electron chi connectivity index (χ0n) is 14.6. The number of allylic oxidation sites excluding steroid dienone is 1. The van der Waals surface area contributed by atoms with E-state index in [9.17, 15) is 4.79 Å². The number of hydrogen-bond donors (Lipinski definition) is 0. The predicted octanol–water partition coefficient (Wildman–Crippen LogP) is 5.64. The normalized spacial score (nSPS) is 10.8. The molecule has 0 aliphatic rings. The van der Waals surface area contributed by atoms with E-state index in [0.717, 1.165) is 34.7 Å². The predicted molar refractivity (Wildman–Crippen MR) is 104 cm³/mol. The molecule has 128 valence electrons. The van der Waals surface area contributed by atoms with Crippen LogP contribution in [0.1, 0.15) is 25.3 Å². The van der Waals surface area contributed by atoms with Crippen molar-refractivity contribution in [3.63, 3.8) is 0 Å². The van der Waals surface area contributed by atoms with Gasteiger partial charge < -0.3 is 4.74 Å². The number of esters is 1. The Morgan fingerprint density at radius 1 is 1.00 bits per heavy atom. The first-order chi connectivity index (χ1) is 12.7. The second kappa shape index (κ2) is 8.13.